The number of benzene rings is 2. The fourth-order valence-electron chi connectivity index (χ4n) is 3.65. The van der Waals surface area contributed by atoms with Gasteiger partial charge in [0.1, 0.15) is 0 Å². The summed E-state index contributed by atoms with van der Waals surface area (Å²) in [6.45, 7) is 0. The van der Waals surface area contributed by atoms with Gasteiger partial charge in [0.15, 0.2) is 0 Å². The maximum absolute atomic E-state index is 11.7. The van der Waals surface area contributed by atoms with E-state index in [0.717, 1.165) is 17.9 Å². The zero-order chi connectivity index (χ0) is 17.0. The van der Waals surface area contributed by atoms with Crippen LogP contribution in [0.2, 0.25) is 0 Å². The second-order valence-electron chi connectivity index (χ2n) is 6.78. The van der Waals surface area contributed by atoms with Gasteiger partial charge in [0.25, 0.3) is 0 Å². The van der Waals surface area contributed by atoms with Gasteiger partial charge in [-0.25, -0.2) is 13.6 Å². The minimum absolute atomic E-state index is 0.181. The number of rotatable bonds is 5. The molecular weight excluding hydrogens is 318 g/mol. The largest absolute Gasteiger partial charge is 0.238 e. The number of aryl methyl sites for hydroxylation is 1. The summed E-state index contributed by atoms with van der Waals surface area (Å²) in [5.74, 6) is 0.876. The lowest BCUT2D eigenvalue weighted by molar-refractivity contribution is 0.339. The van der Waals surface area contributed by atoms with Crippen LogP contribution in [0.1, 0.15) is 44.1 Å². The monoisotopic (exact) mass is 343 g/mol. The molecule has 1 aliphatic carbocycles. The molecule has 0 amide bonds. The van der Waals surface area contributed by atoms with E-state index in [0.29, 0.717) is 5.56 Å². The highest BCUT2D eigenvalue weighted by Crippen LogP contribution is 2.29. The molecule has 128 valence electrons. The summed E-state index contributed by atoms with van der Waals surface area (Å²) < 4.78 is 23.5. The molecule has 0 aliphatic heterocycles. The van der Waals surface area contributed by atoms with Gasteiger partial charge in [-0.15, -0.1) is 0 Å². The van der Waals surface area contributed by atoms with Gasteiger partial charge in [-0.3, -0.25) is 0 Å². The van der Waals surface area contributed by atoms with Crippen molar-refractivity contribution < 1.29 is 8.42 Å². The van der Waals surface area contributed by atoms with Crippen molar-refractivity contribution in [3.05, 3.63) is 54.1 Å². The van der Waals surface area contributed by atoms with Crippen molar-refractivity contribution in [2.75, 3.05) is 0 Å². The molecule has 0 heterocycles. The molecule has 0 spiro atoms. The Bertz CT molecular complexity index is 776. The summed E-state index contributed by atoms with van der Waals surface area (Å²) >= 11 is 0. The summed E-state index contributed by atoms with van der Waals surface area (Å²) in [6, 6.07) is 15.1. The normalized spacial score (nSPS) is 16.2. The lowest BCUT2D eigenvalue weighted by Crippen LogP contribution is -2.13. The molecule has 2 N–H and O–H groups in total. The molecule has 0 radical (unpaired) electrons. The van der Waals surface area contributed by atoms with Crippen LogP contribution in [-0.4, -0.2) is 8.42 Å². The highest BCUT2D eigenvalue weighted by atomic mass is 32.2. The Hall–Kier alpha value is -1.65. The predicted molar refractivity (Wildman–Crippen MR) is 98.1 cm³/mol. The topological polar surface area (TPSA) is 60.2 Å². The van der Waals surface area contributed by atoms with Gasteiger partial charge in [0.2, 0.25) is 10.0 Å². The van der Waals surface area contributed by atoms with Crippen molar-refractivity contribution in [3.8, 4) is 11.1 Å². The molecule has 0 bridgehead atoms. The minimum atomic E-state index is -3.72. The Balaban J connectivity index is 1.73. The molecule has 3 nitrogen and oxygen atoms in total. The van der Waals surface area contributed by atoms with E-state index >= 15 is 0 Å². The second-order valence-corrected chi connectivity index (χ2v) is 8.31. The van der Waals surface area contributed by atoms with Crippen LogP contribution in [0.25, 0.3) is 11.1 Å². The smallest absolute Gasteiger partial charge is 0.225 e. The van der Waals surface area contributed by atoms with Crippen molar-refractivity contribution >= 4 is 10.0 Å². The van der Waals surface area contributed by atoms with E-state index in [9.17, 15) is 8.42 Å². The zero-order valence-corrected chi connectivity index (χ0v) is 14.8. The third-order valence-electron chi connectivity index (χ3n) is 5.02. The summed E-state index contributed by atoms with van der Waals surface area (Å²) in [5.41, 5.74) is 2.87. The average Bonchev–Trinajstić information content (AvgIpc) is 2.61. The first-order valence-electron chi connectivity index (χ1n) is 8.75. The molecular formula is C20H25NO2S. The maximum atomic E-state index is 11.7. The third-order valence-corrected chi connectivity index (χ3v) is 5.99. The molecule has 1 saturated carbocycles. The summed E-state index contributed by atoms with van der Waals surface area (Å²) in [4.78, 5) is 0.181. The highest BCUT2D eigenvalue weighted by Gasteiger charge is 2.15. The Morgan fingerprint density at radius 1 is 0.917 bits per heavy atom. The van der Waals surface area contributed by atoms with Crippen LogP contribution < -0.4 is 5.14 Å². The highest BCUT2D eigenvalue weighted by molar-refractivity contribution is 7.89. The Labute approximate surface area is 145 Å². The molecule has 24 heavy (non-hydrogen) atoms. The van der Waals surface area contributed by atoms with Crippen LogP contribution in [0.5, 0.6) is 0 Å². The van der Waals surface area contributed by atoms with Gasteiger partial charge in [-0.2, -0.15) is 0 Å². The molecule has 0 aromatic heterocycles. The first-order chi connectivity index (χ1) is 11.5. The molecule has 2 aromatic rings. The van der Waals surface area contributed by atoms with Gasteiger partial charge >= 0.3 is 0 Å². The quantitative estimate of drug-likeness (QED) is 0.868. The van der Waals surface area contributed by atoms with E-state index in [2.05, 4.69) is 12.1 Å². The molecule has 3 rings (SSSR count). The average molecular weight is 343 g/mol. The van der Waals surface area contributed by atoms with E-state index < -0.39 is 10.0 Å². The molecule has 2 aromatic carbocycles. The number of sulfonamides is 1. The fraction of sp³-hybridized carbons (Fsp3) is 0.400. The van der Waals surface area contributed by atoms with E-state index in [4.69, 9.17) is 5.14 Å². The fourth-order valence-corrected chi connectivity index (χ4v) is 4.41. The summed E-state index contributed by atoms with van der Waals surface area (Å²) in [5, 5.41) is 5.33. The molecule has 1 fully saturated rings. The Morgan fingerprint density at radius 3 is 2.25 bits per heavy atom. The predicted octanol–water partition coefficient (Wildman–Crippen LogP) is 4.51. The molecule has 1 aliphatic rings. The van der Waals surface area contributed by atoms with Crippen molar-refractivity contribution in [2.24, 2.45) is 11.1 Å². The SMILES string of the molecule is NS(=O)(=O)c1ccccc1-c1ccc(CCC2CCCCC2)cc1. The van der Waals surface area contributed by atoms with Crippen molar-refractivity contribution in [1.29, 1.82) is 0 Å². The molecule has 0 saturated heterocycles. The third kappa shape index (κ3) is 4.25. The lowest BCUT2D eigenvalue weighted by Gasteiger charge is -2.21. The van der Waals surface area contributed by atoms with Crippen LogP contribution in [-0.2, 0) is 16.4 Å². The van der Waals surface area contributed by atoms with Crippen molar-refractivity contribution in [1.82, 2.24) is 0 Å². The molecule has 0 unspecified atom stereocenters. The van der Waals surface area contributed by atoms with Gasteiger partial charge < -0.3 is 0 Å². The van der Waals surface area contributed by atoms with Gasteiger partial charge in [-0.05, 0) is 36.0 Å². The van der Waals surface area contributed by atoms with Crippen LogP contribution in [0.3, 0.4) is 0 Å². The first kappa shape index (κ1) is 17.2. The second kappa shape index (κ2) is 7.49. The Kier molecular flexibility index (Phi) is 5.36. The molecule has 0 atom stereocenters. The first-order valence-corrected chi connectivity index (χ1v) is 10.3. The zero-order valence-electron chi connectivity index (χ0n) is 13.9. The number of hydrogen-bond donors (Lipinski definition) is 1. The van der Waals surface area contributed by atoms with E-state index in [1.807, 2.05) is 18.2 Å². The van der Waals surface area contributed by atoms with E-state index in [1.54, 1.807) is 18.2 Å². The van der Waals surface area contributed by atoms with Gasteiger partial charge in [0.05, 0.1) is 4.90 Å². The van der Waals surface area contributed by atoms with Gasteiger partial charge in [-0.1, -0.05) is 74.6 Å². The summed E-state index contributed by atoms with van der Waals surface area (Å²) in [6.07, 6.45) is 9.27. The van der Waals surface area contributed by atoms with Crippen molar-refractivity contribution in [3.63, 3.8) is 0 Å². The van der Waals surface area contributed by atoms with Crippen molar-refractivity contribution in [2.45, 2.75) is 49.8 Å². The maximum Gasteiger partial charge on any atom is 0.238 e. The van der Waals surface area contributed by atoms with Crippen LogP contribution >= 0.6 is 0 Å². The van der Waals surface area contributed by atoms with E-state index in [1.165, 1.54) is 44.1 Å². The van der Waals surface area contributed by atoms with Crippen LogP contribution in [0.15, 0.2) is 53.4 Å². The summed E-state index contributed by atoms with van der Waals surface area (Å²) in [7, 11) is -3.72. The minimum Gasteiger partial charge on any atom is -0.225 e. The number of nitrogens with two attached hydrogens (primary N) is 1. The van der Waals surface area contributed by atoms with E-state index in [-0.39, 0.29) is 4.90 Å². The lowest BCUT2D eigenvalue weighted by atomic mass is 9.85. The van der Waals surface area contributed by atoms with Crippen LogP contribution in [0.4, 0.5) is 0 Å². The number of hydrogen-bond acceptors (Lipinski definition) is 2. The van der Waals surface area contributed by atoms with Gasteiger partial charge in [0, 0.05) is 5.56 Å². The standard InChI is InChI=1S/C20H25NO2S/c21-24(22,23)20-9-5-4-8-19(20)18-14-12-17(13-15-18)11-10-16-6-2-1-3-7-16/h4-5,8-9,12-16H,1-3,6-7,10-11H2,(H2,21,22,23). The Morgan fingerprint density at radius 2 is 1.58 bits per heavy atom. The number of primary sulfonamides is 1. The molecule has 4 heteroatoms. The van der Waals surface area contributed by atoms with Crippen LogP contribution in [0, 0.1) is 5.92 Å².